The van der Waals surface area contributed by atoms with E-state index >= 15 is 0 Å². The zero-order chi connectivity index (χ0) is 24.1. The molecule has 0 heterocycles. The molecule has 3 atom stereocenters. The lowest BCUT2D eigenvalue weighted by atomic mass is 9.84. The van der Waals surface area contributed by atoms with Crippen molar-refractivity contribution in [3.63, 3.8) is 0 Å². The lowest BCUT2D eigenvalue weighted by molar-refractivity contribution is 0.127. The van der Waals surface area contributed by atoms with Crippen molar-refractivity contribution < 1.29 is 13.5 Å². The number of aliphatic hydroxyl groups excluding tert-OH is 1. The van der Waals surface area contributed by atoms with Crippen LogP contribution in [-0.2, 0) is 21.6 Å². The minimum absolute atomic E-state index is 0.292. The van der Waals surface area contributed by atoms with E-state index in [9.17, 15) is 13.5 Å². The summed E-state index contributed by atoms with van der Waals surface area (Å²) in [7, 11) is -4.73. The lowest BCUT2D eigenvalue weighted by Gasteiger charge is -2.29. The topological polar surface area (TPSA) is 54.4 Å². The molecular weight excluding hydrogens is 453 g/mol. The second-order valence-electron chi connectivity index (χ2n) is 10.3. The average molecular weight is 489 g/mol. The Labute approximate surface area is 200 Å². The molecule has 0 saturated carbocycles. The van der Waals surface area contributed by atoms with E-state index in [1.165, 1.54) is 0 Å². The summed E-state index contributed by atoms with van der Waals surface area (Å²) in [5.41, 5.74) is 5.20. The predicted molar refractivity (Wildman–Crippen MR) is 139 cm³/mol. The first kappa shape index (κ1) is 26.7. The summed E-state index contributed by atoms with van der Waals surface area (Å²) in [5, 5.41) is 11.3. The van der Waals surface area contributed by atoms with Crippen molar-refractivity contribution in [3.05, 3.63) is 59.7 Å². The van der Waals surface area contributed by atoms with Gasteiger partial charge in [0.15, 0.2) is 0 Å². The number of aryl methyl sites for hydroxylation is 2. The van der Waals surface area contributed by atoms with Gasteiger partial charge in [-0.25, -0.2) is 0 Å². The molecule has 6 heteroatoms. The van der Waals surface area contributed by atoms with Gasteiger partial charge in [-0.1, -0.05) is 68.9 Å². The van der Waals surface area contributed by atoms with E-state index in [1.54, 1.807) is 24.3 Å². The van der Waals surface area contributed by atoms with Gasteiger partial charge in [-0.15, -0.1) is 11.5 Å². The van der Waals surface area contributed by atoms with Crippen LogP contribution in [0.1, 0.15) is 37.8 Å². The first-order valence-corrected chi connectivity index (χ1v) is 16.8. The van der Waals surface area contributed by atoms with Crippen molar-refractivity contribution in [1.82, 2.24) is 0 Å². The maximum atomic E-state index is 13.5. The number of aliphatic hydroxyl groups is 1. The largest absolute Gasteiger partial charge is 0.391 e. The average Bonchev–Trinajstić information content (AvgIpc) is 2.67. The third-order valence-electron chi connectivity index (χ3n) is 5.03. The summed E-state index contributed by atoms with van der Waals surface area (Å²) in [5.74, 6) is 3.29. The van der Waals surface area contributed by atoms with Gasteiger partial charge >= 0.3 is 0 Å². The molecule has 2 aromatic carbocycles. The fraction of sp³-hybridized carbons (Fsp3) is 0.462. The van der Waals surface area contributed by atoms with E-state index in [2.05, 4.69) is 45.0 Å². The summed E-state index contributed by atoms with van der Waals surface area (Å²) in [6.07, 6.45) is 0.00535. The van der Waals surface area contributed by atoms with Gasteiger partial charge in [0.25, 0.3) is 0 Å². The highest BCUT2D eigenvalue weighted by Crippen LogP contribution is 2.32. The Bertz CT molecular complexity index is 953. The van der Waals surface area contributed by atoms with Gasteiger partial charge in [0.05, 0.1) is 27.7 Å². The van der Waals surface area contributed by atoms with E-state index < -0.39 is 40.4 Å². The molecule has 1 N–H and O–H groups in total. The molecule has 0 saturated heterocycles. The Kier molecular flexibility index (Phi) is 9.24. The quantitative estimate of drug-likeness (QED) is 0.389. The third kappa shape index (κ3) is 8.11. The normalized spacial score (nSPS) is 15.0. The molecule has 0 aliphatic rings. The summed E-state index contributed by atoms with van der Waals surface area (Å²) in [6, 6.07) is 14.7. The van der Waals surface area contributed by atoms with E-state index in [0.29, 0.717) is 22.6 Å². The highest BCUT2D eigenvalue weighted by Gasteiger charge is 2.36. The molecule has 32 heavy (non-hydrogen) atoms. The Balaban J connectivity index is 2.34. The molecule has 0 radical (unpaired) electrons. The Hall–Kier alpha value is -1.52. The van der Waals surface area contributed by atoms with Crippen LogP contribution in [0.3, 0.4) is 0 Å². The molecule has 0 aliphatic carbocycles. The zero-order valence-corrected chi connectivity index (χ0v) is 22.9. The Morgan fingerprint density at radius 1 is 0.875 bits per heavy atom. The smallest absolute Gasteiger partial charge is 0.145 e. The van der Waals surface area contributed by atoms with Gasteiger partial charge in [-0.2, -0.15) is 0 Å². The predicted octanol–water partition coefficient (Wildman–Crippen LogP) is 5.59. The minimum Gasteiger partial charge on any atom is -0.391 e. The van der Waals surface area contributed by atoms with Gasteiger partial charge in [0.2, 0.25) is 0 Å². The maximum absolute atomic E-state index is 13.5. The molecular formula is C26H36O3S2Si. The molecule has 2 aromatic rings. The van der Waals surface area contributed by atoms with E-state index in [0.717, 1.165) is 11.1 Å². The third-order valence-corrected chi connectivity index (χ3v) is 9.96. The van der Waals surface area contributed by atoms with Crippen molar-refractivity contribution >= 4 is 29.7 Å². The minimum atomic E-state index is -1.63. The number of hydrogen-bond donors (Lipinski definition) is 1. The van der Waals surface area contributed by atoms with Crippen LogP contribution in [0.5, 0.6) is 0 Å². The van der Waals surface area contributed by atoms with Crippen LogP contribution in [0.15, 0.2) is 58.3 Å². The van der Waals surface area contributed by atoms with Crippen molar-refractivity contribution in [2.24, 2.45) is 5.41 Å². The van der Waals surface area contributed by atoms with Crippen LogP contribution in [0.25, 0.3) is 0 Å². The second-order valence-corrected chi connectivity index (χ2v) is 18.5. The molecule has 2 rings (SSSR count). The molecule has 0 aliphatic heterocycles. The van der Waals surface area contributed by atoms with Gasteiger partial charge in [0.1, 0.15) is 12.7 Å². The molecule has 0 amide bonds. The van der Waals surface area contributed by atoms with E-state index in [-0.39, 0.29) is 5.41 Å². The van der Waals surface area contributed by atoms with E-state index in [1.807, 2.05) is 38.1 Å². The fourth-order valence-electron chi connectivity index (χ4n) is 3.26. The standard InChI is InChI=1S/C26H36O3S2Si/c1-20-9-13-22(14-10-20)30(28)25(31(29)23-15-11-21(2)12-16-23)24(27)19-26(3,4)17-8-18-32(5,6)7/h9-16,24-25,27H,17,19H2,1-7H3/t24-,30-,31-/m0/s1. The fourth-order valence-corrected chi connectivity index (χ4v) is 7.29. The van der Waals surface area contributed by atoms with E-state index in [4.69, 9.17) is 0 Å². The van der Waals surface area contributed by atoms with Crippen LogP contribution >= 0.6 is 0 Å². The monoisotopic (exact) mass is 488 g/mol. The highest BCUT2D eigenvalue weighted by atomic mass is 32.2. The van der Waals surface area contributed by atoms with Crippen LogP contribution in [0.2, 0.25) is 19.6 Å². The molecule has 0 fully saturated rings. The summed E-state index contributed by atoms with van der Waals surface area (Å²) in [6.45, 7) is 14.6. The van der Waals surface area contributed by atoms with Gasteiger partial charge in [-0.05, 0) is 49.9 Å². The number of hydrogen-bond acceptors (Lipinski definition) is 3. The van der Waals surface area contributed by atoms with Crippen molar-refractivity contribution in [3.8, 4) is 11.5 Å². The Morgan fingerprint density at radius 2 is 1.28 bits per heavy atom. The number of benzene rings is 2. The molecule has 0 bridgehead atoms. The molecule has 0 unspecified atom stereocenters. The first-order valence-electron chi connectivity index (χ1n) is 10.9. The van der Waals surface area contributed by atoms with Gasteiger partial charge in [0, 0.05) is 16.2 Å². The summed E-state index contributed by atoms with van der Waals surface area (Å²) in [4.78, 5) is 1.16. The molecule has 3 nitrogen and oxygen atoms in total. The van der Waals surface area contributed by atoms with Gasteiger partial charge in [-0.3, -0.25) is 8.42 Å². The maximum Gasteiger partial charge on any atom is 0.145 e. The van der Waals surface area contributed by atoms with Crippen LogP contribution in [0.4, 0.5) is 0 Å². The molecule has 0 aromatic heterocycles. The second kappa shape index (κ2) is 11.1. The number of rotatable bonds is 8. The zero-order valence-electron chi connectivity index (χ0n) is 20.3. The van der Waals surface area contributed by atoms with Crippen molar-refractivity contribution in [2.75, 3.05) is 0 Å². The van der Waals surface area contributed by atoms with Gasteiger partial charge < -0.3 is 5.11 Å². The van der Waals surface area contributed by atoms with Crippen LogP contribution < -0.4 is 0 Å². The van der Waals surface area contributed by atoms with Crippen LogP contribution in [-0.4, -0.2) is 32.3 Å². The Morgan fingerprint density at radius 3 is 1.66 bits per heavy atom. The summed E-state index contributed by atoms with van der Waals surface area (Å²) < 4.78 is 26.2. The van der Waals surface area contributed by atoms with Crippen molar-refractivity contribution in [2.45, 2.75) is 80.7 Å². The summed E-state index contributed by atoms with van der Waals surface area (Å²) >= 11 is 0. The SMILES string of the molecule is Cc1ccc([S@](=O)C([C@@H](O)CC(C)(C)CC#C[Si](C)(C)C)[S@@](=O)c2ccc(C)cc2)cc1. The highest BCUT2D eigenvalue weighted by molar-refractivity contribution is 8.03. The molecule has 174 valence electrons. The molecule has 0 spiro atoms. The first-order chi connectivity index (χ1) is 14.8. The van der Waals surface area contributed by atoms with Crippen LogP contribution in [0, 0.1) is 30.7 Å². The van der Waals surface area contributed by atoms with Crippen molar-refractivity contribution in [1.29, 1.82) is 0 Å². The lowest BCUT2D eigenvalue weighted by Crippen LogP contribution is -2.37.